The third kappa shape index (κ3) is 7.59. The summed E-state index contributed by atoms with van der Waals surface area (Å²) >= 11 is 0. The van der Waals surface area contributed by atoms with E-state index in [4.69, 9.17) is 9.47 Å². The van der Waals surface area contributed by atoms with Crippen molar-refractivity contribution in [1.82, 2.24) is 0 Å². The molecule has 0 saturated heterocycles. The number of carbonyl (C=O) groups is 1. The Hall–Kier alpha value is -2.94. The second-order valence-corrected chi connectivity index (χ2v) is 13.0. The molecule has 4 aromatic rings. The number of hydrogen-bond donors (Lipinski definition) is 0. The van der Waals surface area contributed by atoms with Gasteiger partial charge in [0.25, 0.3) is 0 Å². The van der Waals surface area contributed by atoms with Crippen LogP contribution in [0.25, 0.3) is 0 Å². The third-order valence-corrected chi connectivity index (χ3v) is 11.1. The smallest absolute Gasteiger partial charge is 0.341 e. The largest absolute Gasteiger partial charge is 1.00 e. The molecule has 0 bridgehead atoms. The lowest BCUT2D eigenvalue weighted by Crippen LogP contribution is -3.00. The van der Waals surface area contributed by atoms with Gasteiger partial charge in [0, 0.05) is 0 Å². The number of carbonyl (C=O) groups excluding carboxylic acids is 1. The van der Waals surface area contributed by atoms with Crippen molar-refractivity contribution in [2.75, 3.05) is 13.2 Å². The van der Waals surface area contributed by atoms with Crippen LogP contribution in [0.4, 0.5) is 0 Å². The summed E-state index contributed by atoms with van der Waals surface area (Å²) in [6.07, 6.45) is 4.62. The van der Waals surface area contributed by atoms with Gasteiger partial charge >= 0.3 is 5.97 Å². The van der Waals surface area contributed by atoms with E-state index in [1.54, 1.807) is 0 Å². The van der Waals surface area contributed by atoms with Crippen molar-refractivity contribution in [3.05, 3.63) is 120 Å². The number of ether oxygens (including phenoxy) is 2. The maximum Gasteiger partial charge on any atom is 0.341 e. The van der Waals surface area contributed by atoms with Gasteiger partial charge in [0.2, 0.25) is 0 Å². The zero-order valence-corrected chi connectivity index (χ0v) is 25.4. The predicted octanol–water partition coefficient (Wildman–Crippen LogP) is 4.32. The Morgan fingerprint density at radius 1 is 0.667 bits per heavy atom. The van der Waals surface area contributed by atoms with Crippen LogP contribution >= 0.6 is 7.26 Å². The van der Waals surface area contributed by atoms with Crippen LogP contribution in [0.1, 0.15) is 55.5 Å². The first kappa shape index (κ1) is 30.6. The number of unbranched alkanes of at least 4 members (excludes halogenated alkanes) is 2. The lowest BCUT2D eigenvalue weighted by atomic mass is 10.1. The minimum absolute atomic E-state index is 0. The van der Waals surface area contributed by atoms with Crippen molar-refractivity contribution in [3.8, 4) is 5.75 Å². The summed E-state index contributed by atoms with van der Waals surface area (Å²) in [5, 5.41) is 3.98. The molecule has 0 atom stereocenters. The first-order valence-electron chi connectivity index (χ1n) is 13.7. The molecule has 5 heteroatoms. The molecule has 0 spiro atoms. The zero-order valence-electron chi connectivity index (χ0n) is 22.9. The van der Waals surface area contributed by atoms with Gasteiger partial charge in [0.05, 0.1) is 19.4 Å². The van der Waals surface area contributed by atoms with E-state index in [0.717, 1.165) is 37.4 Å². The molecule has 39 heavy (non-hydrogen) atoms. The van der Waals surface area contributed by atoms with Crippen LogP contribution in [0.2, 0.25) is 0 Å². The normalized spacial score (nSPS) is 10.9. The average molecular weight is 606 g/mol. The minimum atomic E-state index is -2.06. The van der Waals surface area contributed by atoms with E-state index in [2.05, 4.69) is 117 Å². The van der Waals surface area contributed by atoms with Gasteiger partial charge in [-0.05, 0) is 66.9 Å². The van der Waals surface area contributed by atoms with Crippen molar-refractivity contribution < 1.29 is 31.2 Å². The van der Waals surface area contributed by atoms with Crippen LogP contribution < -0.4 is 37.6 Å². The summed E-state index contributed by atoms with van der Waals surface area (Å²) in [4.78, 5) is 12.9. The van der Waals surface area contributed by atoms with E-state index >= 15 is 0 Å². The number of esters is 1. The summed E-state index contributed by atoms with van der Waals surface area (Å²) in [5.74, 6) is 0.302. The molecule has 204 valence electrons. The fourth-order valence-electron chi connectivity index (χ4n) is 4.71. The molecule has 4 rings (SSSR count). The molecule has 0 fully saturated rings. The SMILES string of the molecule is CCCCOC(=O)c1ccc(C[P+](c2ccccc2)(c2ccccc2)c2ccccc2)cc1OCCCC.[Br-]. The van der Waals surface area contributed by atoms with Gasteiger partial charge in [0.1, 0.15) is 34.5 Å². The highest BCUT2D eigenvalue weighted by Gasteiger charge is 2.45. The molecular formula is C34H38BrO3P. The van der Waals surface area contributed by atoms with Gasteiger partial charge in [-0.1, -0.05) is 87.4 Å². The number of rotatable bonds is 13. The maximum absolute atomic E-state index is 12.9. The molecule has 0 unspecified atom stereocenters. The molecule has 0 heterocycles. The Bertz CT molecular complexity index is 1180. The highest BCUT2D eigenvalue weighted by Crippen LogP contribution is 2.58. The van der Waals surface area contributed by atoms with Crippen LogP contribution in [0.5, 0.6) is 5.75 Å². The molecule has 0 N–H and O–H groups in total. The Morgan fingerprint density at radius 2 is 1.15 bits per heavy atom. The van der Waals surface area contributed by atoms with Crippen LogP contribution in [-0.2, 0) is 10.9 Å². The average Bonchev–Trinajstić information content (AvgIpc) is 2.97. The number of halogens is 1. The topological polar surface area (TPSA) is 35.5 Å². The van der Waals surface area contributed by atoms with E-state index in [9.17, 15) is 4.79 Å². The number of benzene rings is 4. The Morgan fingerprint density at radius 3 is 1.64 bits per heavy atom. The van der Waals surface area contributed by atoms with Crippen LogP contribution in [0.15, 0.2) is 109 Å². The van der Waals surface area contributed by atoms with Gasteiger partial charge in [-0.2, -0.15) is 0 Å². The monoisotopic (exact) mass is 604 g/mol. The first-order chi connectivity index (χ1) is 18.7. The Kier molecular flexibility index (Phi) is 12.2. The van der Waals surface area contributed by atoms with E-state index < -0.39 is 7.26 Å². The van der Waals surface area contributed by atoms with Gasteiger partial charge in [-0.25, -0.2) is 4.79 Å². The van der Waals surface area contributed by atoms with Crippen LogP contribution in [0.3, 0.4) is 0 Å². The molecule has 3 nitrogen and oxygen atoms in total. The Balaban J connectivity index is 0.00000420. The summed E-state index contributed by atoms with van der Waals surface area (Å²) in [7, 11) is -2.06. The molecule has 4 aromatic carbocycles. The molecular weight excluding hydrogens is 567 g/mol. The van der Waals surface area contributed by atoms with Crippen LogP contribution in [0, 0.1) is 0 Å². The Labute approximate surface area is 244 Å². The van der Waals surface area contributed by atoms with Crippen molar-refractivity contribution in [2.24, 2.45) is 0 Å². The zero-order chi connectivity index (χ0) is 26.6. The molecule has 0 amide bonds. The summed E-state index contributed by atoms with van der Waals surface area (Å²) < 4.78 is 11.7. The lowest BCUT2D eigenvalue weighted by Gasteiger charge is -2.28. The van der Waals surface area contributed by atoms with Gasteiger partial charge < -0.3 is 26.5 Å². The van der Waals surface area contributed by atoms with Crippen molar-refractivity contribution in [1.29, 1.82) is 0 Å². The fraction of sp³-hybridized carbons (Fsp3) is 0.265. The summed E-state index contributed by atoms with van der Waals surface area (Å²) in [6.45, 7) is 5.23. The molecule has 0 aliphatic heterocycles. The van der Waals surface area contributed by atoms with Crippen molar-refractivity contribution >= 4 is 29.1 Å². The third-order valence-electron chi connectivity index (χ3n) is 6.76. The predicted molar refractivity (Wildman–Crippen MR) is 161 cm³/mol. The van der Waals surface area contributed by atoms with Gasteiger partial charge in [0.15, 0.2) is 0 Å². The molecule has 0 aromatic heterocycles. The maximum atomic E-state index is 12.9. The second-order valence-electron chi connectivity index (χ2n) is 9.50. The highest BCUT2D eigenvalue weighted by molar-refractivity contribution is 7.95. The van der Waals surface area contributed by atoms with Gasteiger partial charge in [-0.15, -0.1) is 0 Å². The fourth-order valence-corrected chi connectivity index (χ4v) is 8.94. The molecule has 0 aliphatic carbocycles. The lowest BCUT2D eigenvalue weighted by molar-refractivity contribution is -0.0000274. The van der Waals surface area contributed by atoms with E-state index in [1.165, 1.54) is 15.9 Å². The highest BCUT2D eigenvalue weighted by atomic mass is 79.9. The van der Waals surface area contributed by atoms with E-state index in [1.807, 2.05) is 6.07 Å². The van der Waals surface area contributed by atoms with Crippen LogP contribution in [-0.4, -0.2) is 19.2 Å². The number of hydrogen-bond acceptors (Lipinski definition) is 3. The standard InChI is InChI=1S/C34H38O3P.BrH/c1-3-5-24-36-33-26-28(22-23-32(33)34(35)37-25-6-4-2)27-38(29-16-10-7-11-17-29,30-18-12-8-13-19-30)31-20-14-9-15-21-31;/h7-23,26H,3-6,24-25,27H2,1-2H3;1H/q+1;/p-1. The second kappa shape index (κ2) is 15.6. The first-order valence-corrected chi connectivity index (χ1v) is 15.6. The quantitative estimate of drug-likeness (QED) is 0.130. The summed E-state index contributed by atoms with van der Waals surface area (Å²) in [6, 6.07) is 38.6. The van der Waals surface area contributed by atoms with Crippen molar-refractivity contribution in [3.63, 3.8) is 0 Å². The minimum Gasteiger partial charge on any atom is -1.00 e. The molecule has 0 saturated carbocycles. The van der Waals surface area contributed by atoms with Gasteiger partial charge in [-0.3, -0.25) is 0 Å². The van der Waals surface area contributed by atoms with Crippen molar-refractivity contribution in [2.45, 2.75) is 45.7 Å². The molecule has 0 aliphatic rings. The summed E-state index contributed by atoms with van der Waals surface area (Å²) in [5.41, 5.74) is 1.65. The molecule has 0 radical (unpaired) electrons. The van der Waals surface area contributed by atoms with E-state index in [-0.39, 0.29) is 23.0 Å². The van der Waals surface area contributed by atoms with E-state index in [0.29, 0.717) is 24.5 Å².